The van der Waals surface area contributed by atoms with E-state index in [1.54, 1.807) is 13.8 Å². The van der Waals surface area contributed by atoms with Crippen molar-refractivity contribution < 1.29 is 14.4 Å². The molecule has 1 N–H and O–H groups in total. The first-order valence-electron chi connectivity index (χ1n) is 6.06. The number of hydrogen-bond donors (Lipinski definition) is 1. The van der Waals surface area contributed by atoms with Crippen LogP contribution in [0.5, 0.6) is 0 Å². The lowest BCUT2D eigenvalue weighted by Gasteiger charge is -2.38. The van der Waals surface area contributed by atoms with E-state index < -0.39 is 17.4 Å². The van der Waals surface area contributed by atoms with Crippen LogP contribution >= 0.6 is 0 Å². The SMILES string of the molecule is CCC1(CC)C(=O)NC(=O)N(CC(C)C)C1=O. The van der Waals surface area contributed by atoms with E-state index in [9.17, 15) is 14.4 Å². The van der Waals surface area contributed by atoms with Crippen LogP contribution < -0.4 is 5.32 Å². The van der Waals surface area contributed by atoms with Crippen LogP contribution in [0.1, 0.15) is 40.5 Å². The minimum absolute atomic E-state index is 0.185. The van der Waals surface area contributed by atoms with Gasteiger partial charge in [0.25, 0.3) is 0 Å². The van der Waals surface area contributed by atoms with Gasteiger partial charge in [-0.15, -0.1) is 0 Å². The molecule has 1 aliphatic heterocycles. The molecule has 0 aromatic carbocycles. The third kappa shape index (κ3) is 2.18. The number of hydrogen-bond acceptors (Lipinski definition) is 3. The van der Waals surface area contributed by atoms with Gasteiger partial charge in [-0.3, -0.25) is 19.8 Å². The summed E-state index contributed by atoms with van der Waals surface area (Å²) in [5.74, 6) is -0.633. The minimum Gasteiger partial charge on any atom is -0.277 e. The molecule has 0 bridgehead atoms. The molecule has 1 rings (SSSR count). The van der Waals surface area contributed by atoms with Gasteiger partial charge < -0.3 is 0 Å². The van der Waals surface area contributed by atoms with E-state index in [4.69, 9.17) is 0 Å². The molecule has 5 heteroatoms. The number of carbonyl (C=O) groups excluding carboxylic acids is 3. The van der Waals surface area contributed by atoms with Crippen LogP contribution in [-0.2, 0) is 9.59 Å². The van der Waals surface area contributed by atoms with Crippen LogP contribution in [0, 0.1) is 11.3 Å². The van der Waals surface area contributed by atoms with Gasteiger partial charge in [0.15, 0.2) is 0 Å². The Hall–Kier alpha value is -1.39. The fourth-order valence-corrected chi connectivity index (χ4v) is 2.14. The Morgan fingerprint density at radius 1 is 1.18 bits per heavy atom. The van der Waals surface area contributed by atoms with E-state index in [2.05, 4.69) is 5.32 Å². The van der Waals surface area contributed by atoms with Gasteiger partial charge in [-0.2, -0.15) is 0 Å². The summed E-state index contributed by atoms with van der Waals surface area (Å²) in [4.78, 5) is 37.0. The summed E-state index contributed by atoms with van der Waals surface area (Å²) in [7, 11) is 0. The van der Waals surface area contributed by atoms with E-state index in [1.165, 1.54) is 4.90 Å². The zero-order chi connectivity index (χ0) is 13.2. The van der Waals surface area contributed by atoms with E-state index >= 15 is 0 Å². The lowest BCUT2D eigenvalue weighted by molar-refractivity contribution is -0.152. The average Bonchev–Trinajstić information content (AvgIpc) is 2.26. The summed E-state index contributed by atoms with van der Waals surface area (Å²) < 4.78 is 0. The number of carbonyl (C=O) groups is 3. The molecule has 0 aromatic heterocycles. The van der Waals surface area contributed by atoms with Crippen LogP contribution in [0.25, 0.3) is 0 Å². The summed E-state index contributed by atoms with van der Waals surface area (Å²) in [5.41, 5.74) is -1.07. The number of imide groups is 2. The molecule has 4 amide bonds. The smallest absolute Gasteiger partial charge is 0.277 e. The van der Waals surface area contributed by atoms with Crippen LogP contribution in [0.2, 0.25) is 0 Å². The van der Waals surface area contributed by atoms with Crippen LogP contribution in [-0.4, -0.2) is 29.3 Å². The van der Waals surface area contributed by atoms with Crippen molar-refractivity contribution in [1.29, 1.82) is 0 Å². The van der Waals surface area contributed by atoms with Gasteiger partial charge in [0.2, 0.25) is 11.8 Å². The van der Waals surface area contributed by atoms with Crippen molar-refractivity contribution >= 4 is 17.8 Å². The van der Waals surface area contributed by atoms with Gasteiger partial charge in [0.05, 0.1) is 0 Å². The number of nitrogens with zero attached hydrogens (tertiary/aromatic N) is 1. The average molecular weight is 240 g/mol. The van der Waals surface area contributed by atoms with Gasteiger partial charge in [-0.25, -0.2) is 4.79 Å². The molecule has 1 fully saturated rings. The standard InChI is InChI=1S/C12H20N2O3/c1-5-12(6-2)9(15)13-11(17)14(10(12)16)7-8(3)4/h8H,5-7H2,1-4H3,(H,13,15,17). The molecule has 96 valence electrons. The van der Waals surface area contributed by atoms with Crippen LogP contribution in [0.3, 0.4) is 0 Å². The van der Waals surface area contributed by atoms with Gasteiger partial charge in [0.1, 0.15) is 5.41 Å². The summed E-state index contributed by atoms with van der Waals surface area (Å²) in [6, 6.07) is -0.591. The van der Waals surface area contributed by atoms with Gasteiger partial charge in [-0.1, -0.05) is 27.7 Å². The van der Waals surface area contributed by atoms with Crippen molar-refractivity contribution in [2.45, 2.75) is 40.5 Å². The van der Waals surface area contributed by atoms with Gasteiger partial charge >= 0.3 is 6.03 Å². The van der Waals surface area contributed by atoms with Crippen LogP contribution in [0.4, 0.5) is 4.79 Å². The highest BCUT2D eigenvalue weighted by Gasteiger charge is 2.51. The Morgan fingerprint density at radius 3 is 2.12 bits per heavy atom. The maximum atomic E-state index is 12.3. The third-order valence-electron chi connectivity index (χ3n) is 3.31. The second-order valence-corrected chi connectivity index (χ2v) is 4.86. The van der Waals surface area contributed by atoms with Gasteiger partial charge in [-0.05, 0) is 18.8 Å². The quantitative estimate of drug-likeness (QED) is 0.758. The second-order valence-electron chi connectivity index (χ2n) is 4.86. The first kappa shape index (κ1) is 13.7. The minimum atomic E-state index is -1.07. The molecule has 0 radical (unpaired) electrons. The number of rotatable bonds is 4. The monoisotopic (exact) mass is 240 g/mol. The second kappa shape index (κ2) is 4.85. The molecule has 0 spiro atoms. The van der Waals surface area contributed by atoms with Crippen molar-refractivity contribution in [2.24, 2.45) is 11.3 Å². The Labute approximate surface area is 102 Å². The van der Waals surface area contributed by atoms with Crippen molar-refractivity contribution in [3.8, 4) is 0 Å². The molecule has 0 aliphatic carbocycles. The lowest BCUT2D eigenvalue weighted by Crippen LogP contribution is -2.64. The summed E-state index contributed by atoms with van der Waals surface area (Å²) in [5, 5.41) is 2.29. The number of barbiturate groups is 1. The summed E-state index contributed by atoms with van der Waals surface area (Å²) in [6.45, 7) is 7.79. The zero-order valence-electron chi connectivity index (χ0n) is 10.9. The van der Waals surface area contributed by atoms with Gasteiger partial charge in [0, 0.05) is 6.54 Å². The fourth-order valence-electron chi connectivity index (χ4n) is 2.14. The first-order valence-corrected chi connectivity index (χ1v) is 6.06. The largest absolute Gasteiger partial charge is 0.330 e. The van der Waals surface area contributed by atoms with E-state index in [-0.39, 0.29) is 11.8 Å². The molecule has 17 heavy (non-hydrogen) atoms. The molecule has 0 saturated carbocycles. The highest BCUT2D eigenvalue weighted by atomic mass is 16.2. The van der Waals surface area contributed by atoms with E-state index in [0.717, 1.165) is 0 Å². The maximum Gasteiger partial charge on any atom is 0.330 e. The summed E-state index contributed by atoms with van der Waals surface area (Å²) >= 11 is 0. The molecule has 1 heterocycles. The zero-order valence-corrected chi connectivity index (χ0v) is 10.9. The molecule has 0 unspecified atom stereocenters. The van der Waals surface area contributed by atoms with Crippen molar-refractivity contribution in [2.75, 3.05) is 6.54 Å². The normalized spacial score (nSPS) is 19.8. The summed E-state index contributed by atoms with van der Waals surface area (Å²) in [6.07, 6.45) is 0.825. The third-order valence-corrected chi connectivity index (χ3v) is 3.31. The molecular formula is C12H20N2O3. The highest BCUT2D eigenvalue weighted by molar-refractivity contribution is 6.19. The number of amides is 4. The highest BCUT2D eigenvalue weighted by Crippen LogP contribution is 2.32. The topological polar surface area (TPSA) is 66.5 Å². The molecular weight excluding hydrogens is 220 g/mol. The molecule has 1 aliphatic rings. The van der Waals surface area contributed by atoms with E-state index in [0.29, 0.717) is 19.4 Å². The Balaban J connectivity index is 3.07. The van der Waals surface area contributed by atoms with Crippen LogP contribution in [0.15, 0.2) is 0 Å². The fraction of sp³-hybridized carbons (Fsp3) is 0.750. The Morgan fingerprint density at radius 2 is 1.71 bits per heavy atom. The van der Waals surface area contributed by atoms with E-state index in [1.807, 2.05) is 13.8 Å². The Bertz CT molecular complexity index is 346. The maximum absolute atomic E-state index is 12.3. The number of urea groups is 1. The van der Waals surface area contributed by atoms with Crippen molar-refractivity contribution in [1.82, 2.24) is 10.2 Å². The lowest BCUT2D eigenvalue weighted by atomic mass is 9.78. The molecule has 0 atom stereocenters. The van der Waals surface area contributed by atoms with Crippen molar-refractivity contribution in [3.63, 3.8) is 0 Å². The predicted octanol–water partition coefficient (Wildman–Crippen LogP) is 1.53. The molecule has 1 saturated heterocycles. The first-order chi connectivity index (χ1) is 7.89. The number of nitrogens with one attached hydrogen (secondary N) is 1. The predicted molar refractivity (Wildman–Crippen MR) is 63.1 cm³/mol. The van der Waals surface area contributed by atoms with Crippen molar-refractivity contribution in [3.05, 3.63) is 0 Å². The molecule has 5 nitrogen and oxygen atoms in total. The molecule has 0 aromatic rings. The Kier molecular flexibility index (Phi) is 3.91.